The summed E-state index contributed by atoms with van der Waals surface area (Å²) in [6, 6.07) is 18.5. The third kappa shape index (κ3) is 6.08. The van der Waals surface area contributed by atoms with Gasteiger partial charge >= 0.3 is 6.03 Å². The van der Waals surface area contributed by atoms with E-state index in [0.717, 1.165) is 43.7 Å². The first kappa shape index (κ1) is 24.1. The number of piperazine rings is 1. The highest BCUT2D eigenvalue weighted by Crippen LogP contribution is 2.16. The van der Waals surface area contributed by atoms with Gasteiger partial charge in [-0.2, -0.15) is 0 Å². The number of hydrogen-bond acceptors (Lipinski definition) is 4. The van der Waals surface area contributed by atoms with Gasteiger partial charge < -0.3 is 20.0 Å². The Morgan fingerprint density at radius 3 is 2.29 bits per heavy atom. The molecule has 182 valence electrons. The minimum absolute atomic E-state index is 0.0281. The average molecular weight is 464 g/mol. The fourth-order valence-electron chi connectivity index (χ4n) is 4.82. The van der Waals surface area contributed by atoms with Gasteiger partial charge in [0.05, 0.1) is 0 Å². The van der Waals surface area contributed by atoms with Gasteiger partial charge in [0, 0.05) is 76.2 Å². The van der Waals surface area contributed by atoms with Gasteiger partial charge in [0.1, 0.15) is 0 Å². The van der Waals surface area contributed by atoms with Crippen molar-refractivity contribution in [3.63, 3.8) is 0 Å². The van der Waals surface area contributed by atoms with E-state index in [4.69, 9.17) is 0 Å². The molecule has 2 aromatic carbocycles. The topological polar surface area (TPSA) is 59.1 Å². The number of carbonyl (C=O) groups is 2. The van der Waals surface area contributed by atoms with E-state index in [1.165, 1.54) is 5.69 Å². The first-order valence-electron chi connectivity index (χ1n) is 12.4. The van der Waals surface area contributed by atoms with Crippen molar-refractivity contribution in [2.75, 3.05) is 63.8 Å². The monoisotopic (exact) mass is 463 g/mol. The molecule has 1 unspecified atom stereocenters. The number of anilines is 1. The SMILES string of the molecule is Cc1cccc(C(=O)N2CCCN(C(=O)NCC(C)N3CCN(c4ccccc4)CC3)CC2)c1. The molecule has 2 fully saturated rings. The summed E-state index contributed by atoms with van der Waals surface area (Å²) in [5.74, 6) is 0.0502. The van der Waals surface area contributed by atoms with Crippen LogP contribution in [0, 0.1) is 6.92 Å². The van der Waals surface area contributed by atoms with Crippen LogP contribution in [0.1, 0.15) is 29.3 Å². The standard InChI is InChI=1S/C27H37N5O2/c1-22-8-6-9-24(20-22)26(33)31-12-7-13-32(19-18-31)27(34)28-21-23(2)29-14-16-30(17-15-29)25-10-4-3-5-11-25/h3-6,8-11,20,23H,7,12-19,21H2,1-2H3,(H,28,34). The van der Waals surface area contributed by atoms with Gasteiger partial charge in [-0.15, -0.1) is 0 Å². The zero-order valence-electron chi connectivity index (χ0n) is 20.4. The van der Waals surface area contributed by atoms with Crippen molar-refractivity contribution in [3.8, 4) is 0 Å². The molecule has 2 aliphatic rings. The second kappa shape index (κ2) is 11.4. The molecule has 2 heterocycles. The number of carbonyl (C=O) groups excluding carboxylic acids is 2. The van der Waals surface area contributed by atoms with Gasteiger partial charge in [0.25, 0.3) is 5.91 Å². The van der Waals surface area contributed by atoms with Crippen molar-refractivity contribution in [2.45, 2.75) is 26.3 Å². The summed E-state index contributed by atoms with van der Waals surface area (Å²) < 4.78 is 0. The van der Waals surface area contributed by atoms with Gasteiger partial charge in [0.2, 0.25) is 0 Å². The molecule has 2 aliphatic heterocycles. The summed E-state index contributed by atoms with van der Waals surface area (Å²) in [5, 5.41) is 3.13. The molecule has 1 atom stereocenters. The molecule has 0 bridgehead atoms. The second-order valence-electron chi connectivity index (χ2n) is 9.40. The minimum atomic E-state index is -0.0281. The predicted molar refractivity (Wildman–Crippen MR) is 136 cm³/mol. The summed E-state index contributed by atoms with van der Waals surface area (Å²) in [5.41, 5.74) is 3.08. The lowest BCUT2D eigenvalue weighted by atomic mass is 10.1. The van der Waals surface area contributed by atoms with Crippen LogP contribution < -0.4 is 10.2 Å². The zero-order valence-corrected chi connectivity index (χ0v) is 20.4. The van der Waals surface area contributed by atoms with Crippen LogP contribution >= 0.6 is 0 Å². The Balaban J connectivity index is 1.21. The van der Waals surface area contributed by atoms with Crippen LogP contribution in [0.2, 0.25) is 0 Å². The molecule has 0 saturated carbocycles. The van der Waals surface area contributed by atoms with Crippen molar-refractivity contribution in [2.24, 2.45) is 0 Å². The predicted octanol–water partition coefficient (Wildman–Crippen LogP) is 3.06. The molecule has 34 heavy (non-hydrogen) atoms. The number of urea groups is 1. The van der Waals surface area contributed by atoms with Crippen LogP contribution in [0.15, 0.2) is 54.6 Å². The van der Waals surface area contributed by atoms with Gasteiger partial charge in [0.15, 0.2) is 0 Å². The summed E-state index contributed by atoms with van der Waals surface area (Å²) in [6.07, 6.45) is 0.794. The van der Waals surface area contributed by atoms with E-state index < -0.39 is 0 Å². The largest absolute Gasteiger partial charge is 0.369 e. The van der Waals surface area contributed by atoms with E-state index in [1.807, 2.05) is 47.1 Å². The summed E-state index contributed by atoms with van der Waals surface area (Å²) in [6.45, 7) is 11.3. The number of hydrogen-bond donors (Lipinski definition) is 1. The van der Waals surface area contributed by atoms with Crippen LogP contribution in [-0.2, 0) is 0 Å². The maximum Gasteiger partial charge on any atom is 0.317 e. The fourth-order valence-corrected chi connectivity index (χ4v) is 4.82. The maximum atomic E-state index is 12.9. The number of para-hydroxylation sites is 1. The number of benzene rings is 2. The Morgan fingerprint density at radius 1 is 0.853 bits per heavy atom. The second-order valence-corrected chi connectivity index (χ2v) is 9.40. The Bertz CT molecular complexity index is 959. The van der Waals surface area contributed by atoms with Crippen LogP contribution in [0.25, 0.3) is 0 Å². The number of nitrogens with one attached hydrogen (secondary N) is 1. The minimum Gasteiger partial charge on any atom is -0.369 e. The first-order valence-corrected chi connectivity index (χ1v) is 12.4. The lowest BCUT2D eigenvalue weighted by molar-refractivity contribution is 0.0762. The number of nitrogens with zero attached hydrogens (tertiary/aromatic N) is 4. The van der Waals surface area contributed by atoms with Crippen LogP contribution in [0.4, 0.5) is 10.5 Å². The molecular weight excluding hydrogens is 426 g/mol. The van der Waals surface area contributed by atoms with E-state index >= 15 is 0 Å². The Labute approximate surface area is 203 Å². The Hall–Kier alpha value is -3.06. The van der Waals surface area contributed by atoms with Crippen molar-refractivity contribution < 1.29 is 9.59 Å². The lowest BCUT2D eigenvalue weighted by Crippen LogP contribution is -2.53. The first-order chi connectivity index (χ1) is 16.5. The fraction of sp³-hybridized carbons (Fsp3) is 0.481. The van der Waals surface area contributed by atoms with E-state index in [2.05, 4.69) is 46.3 Å². The third-order valence-electron chi connectivity index (χ3n) is 6.94. The zero-order chi connectivity index (χ0) is 23.9. The van der Waals surface area contributed by atoms with Crippen molar-refractivity contribution >= 4 is 17.6 Å². The molecule has 2 saturated heterocycles. The number of rotatable bonds is 5. The molecule has 4 rings (SSSR count). The number of aryl methyl sites for hydroxylation is 1. The van der Waals surface area contributed by atoms with E-state index in [9.17, 15) is 9.59 Å². The van der Waals surface area contributed by atoms with Gasteiger partial charge in [-0.05, 0) is 44.5 Å². The highest BCUT2D eigenvalue weighted by atomic mass is 16.2. The van der Waals surface area contributed by atoms with Crippen LogP contribution in [0.3, 0.4) is 0 Å². The maximum absolute atomic E-state index is 12.9. The number of amides is 3. The molecule has 7 nitrogen and oxygen atoms in total. The molecule has 0 radical (unpaired) electrons. The third-order valence-corrected chi connectivity index (χ3v) is 6.94. The van der Waals surface area contributed by atoms with Crippen LogP contribution in [-0.4, -0.2) is 91.6 Å². The molecule has 0 aromatic heterocycles. The molecule has 0 spiro atoms. The Kier molecular flexibility index (Phi) is 8.06. The average Bonchev–Trinajstić information content (AvgIpc) is 3.14. The lowest BCUT2D eigenvalue weighted by Gasteiger charge is -2.39. The quantitative estimate of drug-likeness (QED) is 0.741. The summed E-state index contributed by atoms with van der Waals surface area (Å²) >= 11 is 0. The normalized spacial score (nSPS) is 18.4. The van der Waals surface area contributed by atoms with E-state index in [0.29, 0.717) is 32.7 Å². The molecular formula is C27H37N5O2. The van der Waals surface area contributed by atoms with Gasteiger partial charge in [-0.25, -0.2) is 4.79 Å². The van der Waals surface area contributed by atoms with Crippen LogP contribution in [0.5, 0.6) is 0 Å². The van der Waals surface area contributed by atoms with Crippen molar-refractivity contribution in [1.82, 2.24) is 20.0 Å². The Morgan fingerprint density at radius 2 is 1.56 bits per heavy atom. The molecule has 3 amide bonds. The van der Waals surface area contributed by atoms with E-state index in [1.54, 1.807) is 0 Å². The van der Waals surface area contributed by atoms with Gasteiger partial charge in [-0.3, -0.25) is 9.69 Å². The van der Waals surface area contributed by atoms with E-state index in [-0.39, 0.29) is 18.0 Å². The molecule has 2 aromatic rings. The van der Waals surface area contributed by atoms with Gasteiger partial charge in [-0.1, -0.05) is 35.9 Å². The molecule has 0 aliphatic carbocycles. The smallest absolute Gasteiger partial charge is 0.317 e. The highest BCUT2D eigenvalue weighted by molar-refractivity contribution is 5.94. The molecule has 1 N–H and O–H groups in total. The van der Waals surface area contributed by atoms with Crippen molar-refractivity contribution in [1.29, 1.82) is 0 Å². The van der Waals surface area contributed by atoms with Crippen molar-refractivity contribution in [3.05, 3.63) is 65.7 Å². The summed E-state index contributed by atoms with van der Waals surface area (Å²) in [4.78, 5) is 34.3. The highest BCUT2D eigenvalue weighted by Gasteiger charge is 2.25. The molecule has 7 heteroatoms. The summed E-state index contributed by atoms with van der Waals surface area (Å²) in [7, 11) is 0.